The average molecular weight is 277 g/mol. The first-order chi connectivity index (χ1) is 9.56. The Bertz CT molecular complexity index is 542. The lowest BCUT2D eigenvalue weighted by molar-refractivity contribution is -0.144. The molecule has 4 nitrogen and oxygen atoms in total. The molecule has 1 atom stereocenters. The van der Waals surface area contributed by atoms with Crippen molar-refractivity contribution in [2.75, 3.05) is 13.1 Å². The van der Waals surface area contributed by atoms with Crippen molar-refractivity contribution in [3.63, 3.8) is 0 Å². The van der Waals surface area contributed by atoms with Crippen molar-refractivity contribution in [3.05, 3.63) is 41.7 Å². The van der Waals surface area contributed by atoms with E-state index in [1.807, 2.05) is 0 Å². The van der Waals surface area contributed by atoms with Crippen molar-refractivity contribution < 1.29 is 19.1 Å². The Morgan fingerprint density at radius 1 is 1.40 bits per heavy atom. The monoisotopic (exact) mass is 277 g/mol. The molecule has 0 radical (unpaired) electrons. The number of hydrogen-bond donors (Lipinski definition) is 1. The van der Waals surface area contributed by atoms with Crippen LogP contribution in [0.4, 0.5) is 4.39 Å². The SMILES string of the molecule is O=C(O)C1CCCN(C(=O)/C=C/c2cccc(F)c2)C1. The highest BCUT2D eigenvalue weighted by Gasteiger charge is 2.26. The number of carbonyl (C=O) groups is 2. The van der Waals surface area contributed by atoms with Crippen LogP contribution in [-0.2, 0) is 9.59 Å². The number of likely N-dealkylation sites (tertiary alicyclic amines) is 1. The number of rotatable bonds is 3. The first-order valence-corrected chi connectivity index (χ1v) is 6.51. The van der Waals surface area contributed by atoms with E-state index >= 15 is 0 Å². The Labute approximate surface area is 116 Å². The standard InChI is InChI=1S/C15H16FNO3/c16-13-5-1-3-11(9-13)6-7-14(18)17-8-2-4-12(10-17)15(19)20/h1,3,5-7,9,12H,2,4,8,10H2,(H,19,20)/b7-6+. The number of amides is 1. The molecular formula is C15H16FNO3. The van der Waals surface area contributed by atoms with E-state index in [2.05, 4.69) is 0 Å². The van der Waals surface area contributed by atoms with Gasteiger partial charge in [-0.05, 0) is 36.6 Å². The summed E-state index contributed by atoms with van der Waals surface area (Å²) in [6.45, 7) is 0.803. The summed E-state index contributed by atoms with van der Waals surface area (Å²) in [6, 6.07) is 5.94. The second-order valence-corrected chi connectivity index (χ2v) is 4.85. The number of carboxylic acids is 1. The van der Waals surface area contributed by atoms with Gasteiger partial charge in [0.15, 0.2) is 0 Å². The number of carbonyl (C=O) groups excluding carboxylic acids is 1. The molecule has 1 N–H and O–H groups in total. The summed E-state index contributed by atoms with van der Waals surface area (Å²) in [5.41, 5.74) is 0.602. The van der Waals surface area contributed by atoms with Gasteiger partial charge < -0.3 is 10.0 Å². The number of benzene rings is 1. The van der Waals surface area contributed by atoms with Crippen molar-refractivity contribution >= 4 is 18.0 Å². The first kappa shape index (κ1) is 14.2. The van der Waals surface area contributed by atoms with Gasteiger partial charge in [0.2, 0.25) is 5.91 Å². The zero-order chi connectivity index (χ0) is 14.5. The molecule has 1 heterocycles. The van der Waals surface area contributed by atoms with Gasteiger partial charge in [0.05, 0.1) is 5.92 Å². The smallest absolute Gasteiger partial charge is 0.308 e. The molecule has 1 fully saturated rings. The lowest BCUT2D eigenvalue weighted by Crippen LogP contribution is -2.41. The van der Waals surface area contributed by atoms with E-state index < -0.39 is 11.9 Å². The number of nitrogens with zero attached hydrogens (tertiary/aromatic N) is 1. The molecule has 0 spiro atoms. The first-order valence-electron chi connectivity index (χ1n) is 6.51. The van der Waals surface area contributed by atoms with E-state index in [-0.39, 0.29) is 18.3 Å². The van der Waals surface area contributed by atoms with E-state index in [1.54, 1.807) is 12.1 Å². The van der Waals surface area contributed by atoms with Crippen molar-refractivity contribution in [2.45, 2.75) is 12.8 Å². The van der Waals surface area contributed by atoms with Gasteiger partial charge in [-0.15, -0.1) is 0 Å². The average Bonchev–Trinajstić information content (AvgIpc) is 2.45. The number of hydrogen-bond acceptors (Lipinski definition) is 2. The van der Waals surface area contributed by atoms with Crippen molar-refractivity contribution in [3.8, 4) is 0 Å². The van der Waals surface area contributed by atoms with Gasteiger partial charge in [0.1, 0.15) is 5.82 Å². The van der Waals surface area contributed by atoms with Crippen LogP contribution in [0.1, 0.15) is 18.4 Å². The van der Waals surface area contributed by atoms with Crippen LogP contribution < -0.4 is 0 Å². The zero-order valence-electron chi connectivity index (χ0n) is 11.0. The molecule has 20 heavy (non-hydrogen) atoms. The molecular weight excluding hydrogens is 261 g/mol. The summed E-state index contributed by atoms with van der Waals surface area (Å²) in [5.74, 6) is -1.95. The highest BCUT2D eigenvalue weighted by Crippen LogP contribution is 2.17. The highest BCUT2D eigenvalue weighted by molar-refractivity contribution is 5.92. The molecule has 1 unspecified atom stereocenters. The number of piperidine rings is 1. The maximum absolute atomic E-state index is 13.0. The summed E-state index contributed by atoms with van der Waals surface area (Å²) < 4.78 is 13.0. The van der Waals surface area contributed by atoms with Crippen LogP contribution >= 0.6 is 0 Å². The van der Waals surface area contributed by atoms with Crippen molar-refractivity contribution in [1.29, 1.82) is 0 Å². The Morgan fingerprint density at radius 2 is 2.20 bits per heavy atom. The summed E-state index contributed by atoms with van der Waals surface area (Å²) >= 11 is 0. The summed E-state index contributed by atoms with van der Waals surface area (Å²) in [5, 5.41) is 8.98. The summed E-state index contributed by atoms with van der Waals surface area (Å²) in [7, 11) is 0. The predicted molar refractivity (Wildman–Crippen MR) is 72.4 cm³/mol. The molecule has 1 aromatic rings. The number of aliphatic carboxylic acids is 1. The van der Waals surface area contributed by atoms with Crippen LogP contribution in [0.3, 0.4) is 0 Å². The fourth-order valence-corrected chi connectivity index (χ4v) is 2.26. The largest absolute Gasteiger partial charge is 0.481 e. The van der Waals surface area contributed by atoms with Gasteiger partial charge in [-0.25, -0.2) is 4.39 Å². The van der Waals surface area contributed by atoms with Crippen molar-refractivity contribution in [1.82, 2.24) is 4.90 Å². The normalized spacial score (nSPS) is 19.2. The number of halogens is 1. The van der Waals surface area contributed by atoms with E-state index in [4.69, 9.17) is 5.11 Å². The van der Waals surface area contributed by atoms with Gasteiger partial charge in [-0.2, -0.15) is 0 Å². The predicted octanol–water partition coefficient (Wildman–Crippen LogP) is 2.16. The second kappa shape index (κ2) is 6.32. The van der Waals surface area contributed by atoms with Gasteiger partial charge in [-0.1, -0.05) is 12.1 Å². The molecule has 1 amide bonds. The maximum atomic E-state index is 13.0. The summed E-state index contributed by atoms with van der Waals surface area (Å²) in [4.78, 5) is 24.4. The fourth-order valence-electron chi connectivity index (χ4n) is 2.26. The van der Waals surface area contributed by atoms with Gasteiger partial charge in [0.25, 0.3) is 0 Å². The molecule has 0 aromatic heterocycles. The molecule has 1 saturated heterocycles. The molecule has 0 saturated carbocycles. The quantitative estimate of drug-likeness (QED) is 0.861. The Hall–Kier alpha value is -2.17. The van der Waals surface area contributed by atoms with Crippen LogP contribution in [0.2, 0.25) is 0 Å². The Kier molecular flexibility index (Phi) is 4.50. The van der Waals surface area contributed by atoms with Crippen LogP contribution in [0.15, 0.2) is 30.3 Å². The minimum atomic E-state index is -0.864. The molecule has 2 rings (SSSR count). The third kappa shape index (κ3) is 3.66. The second-order valence-electron chi connectivity index (χ2n) is 4.85. The summed E-state index contributed by atoms with van der Waals surface area (Å²) in [6.07, 6.45) is 4.19. The van der Waals surface area contributed by atoms with E-state index in [9.17, 15) is 14.0 Å². The minimum absolute atomic E-state index is 0.236. The van der Waals surface area contributed by atoms with E-state index in [1.165, 1.54) is 29.2 Å². The van der Waals surface area contributed by atoms with E-state index in [0.29, 0.717) is 24.9 Å². The van der Waals surface area contributed by atoms with Crippen LogP contribution in [-0.4, -0.2) is 35.0 Å². The molecule has 5 heteroatoms. The Balaban J connectivity index is 1.99. The van der Waals surface area contributed by atoms with Crippen molar-refractivity contribution in [2.24, 2.45) is 5.92 Å². The van der Waals surface area contributed by atoms with Crippen LogP contribution in [0.5, 0.6) is 0 Å². The van der Waals surface area contributed by atoms with Gasteiger partial charge in [-0.3, -0.25) is 9.59 Å². The topological polar surface area (TPSA) is 57.6 Å². The van der Waals surface area contributed by atoms with Gasteiger partial charge in [0, 0.05) is 19.2 Å². The molecule has 1 aromatic carbocycles. The highest BCUT2D eigenvalue weighted by atomic mass is 19.1. The minimum Gasteiger partial charge on any atom is -0.481 e. The lowest BCUT2D eigenvalue weighted by atomic mass is 9.98. The molecule has 0 aliphatic carbocycles. The zero-order valence-corrected chi connectivity index (χ0v) is 11.0. The molecule has 1 aliphatic heterocycles. The molecule has 106 valence electrons. The van der Waals surface area contributed by atoms with Crippen LogP contribution in [0, 0.1) is 11.7 Å². The van der Waals surface area contributed by atoms with Crippen LogP contribution in [0.25, 0.3) is 6.08 Å². The third-order valence-corrected chi connectivity index (χ3v) is 3.35. The fraction of sp³-hybridized carbons (Fsp3) is 0.333. The lowest BCUT2D eigenvalue weighted by Gasteiger charge is -2.29. The maximum Gasteiger partial charge on any atom is 0.308 e. The third-order valence-electron chi connectivity index (χ3n) is 3.35. The van der Waals surface area contributed by atoms with E-state index in [0.717, 1.165) is 0 Å². The molecule has 0 bridgehead atoms. The Morgan fingerprint density at radius 3 is 2.90 bits per heavy atom. The number of carboxylic acid groups (broad SMARTS) is 1. The van der Waals surface area contributed by atoms with Gasteiger partial charge >= 0.3 is 5.97 Å². The molecule has 1 aliphatic rings.